The number of carbonyl (C=O) groups excluding carboxylic acids is 5. The Balaban J connectivity index is 2.54. The molecule has 2 heterocycles. The average molecular weight is 551 g/mol. The summed E-state index contributed by atoms with van der Waals surface area (Å²) in [5, 5.41) is 33.1. The van der Waals surface area contributed by atoms with E-state index in [0.29, 0.717) is 0 Å². The summed E-state index contributed by atoms with van der Waals surface area (Å²) in [6.45, 7) is 4.10. The normalized spacial score (nSPS) is 34.9. The second-order valence-corrected chi connectivity index (χ2v) is 8.63. The van der Waals surface area contributed by atoms with Crippen molar-refractivity contribution >= 4 is 29.8 Å². The number of carbonyl (C=O) groups is 5. The predicted molar refractivity (Wildman–Crippen MR) is 118 cm³/mol. The molecule has 0 aromatic carbocycles. The summed E-state index contributed by atoms with van der Waals surface area (Å²) in [5.74, 6) is -3.94. The summed E-state index contributed by atoms with van der Waals surface area (Å²) >= 11 is 0. The van der Waals surface area contributed by atoms with Crippen molar-refractivity contribution in [1.29, 1.82) is 0 Å². The van der Waals surface area contributed by atoms with E-state index in [-0.39, 0.29) is 0 Å². The number of esters is 4. The summed E-state index contributed by atoms with van der Waals surface area (Å²) in [7, 11) is 0. The van der Waals surface area contributed by atoms with Crippen molar-refractivity contribution in [3.8, 4) is 0 Å². The number of hydrogen-bond acceptors (Lipinski definition) is 15. The molecule has 216 valence electrons. The number of hydrogen-bond donors (Lipinski definition) is 4. The Morgan fingerprint density at radius 3 is 1.79 bits per heavy atom. The van der Waals surface area contributed by atoms with Gasteiger partial charge in [-0.1, -0.05) is 0 Å². The highest BCUT2D eigenvalue weighted by atomic mass is 16.7. The van der Waals surface area contributed by atoms with Crippen LogP contribution in [0, 0.1) is 0 Å². The minimum Gasteiger partial charge on any atom is -0.463 e. The third kappa shape index (κ3) is 8.31. The number of aliphatic hydroxyl groups excluding tert-OH is 3. The zero-order chi connectivity index (χ0) is 28.7. The highest BCUT2D eigenvalue weighted by Gasteiger charge is 2.55. The Labute approximate surface area is 217 Å². The lowest BCUT2D eigenvalue weighted by molar-refractivity contribution is -0.343. The molecule has 2 aliphatic rings. The van der Waals surface area contributed by atoms with Crippen LogP contribution in [0.15, 0.2) is 0 Å². The molecule has 2 aliphatic heterocycles. The van der Waals surface area contributed by atoms with E-state index in [0.717, 1.165) is 34.6 Å². The number of ether oxygens (including phenoxy) is 7. The van der Waals surface area contributed by atoms with Crippen LogP contribution in [0.25, 0.3) is 0 Å². The van der Waals surface area contributed by atoms with E-state index in [1.807, 2.05) is 0 Å². The number of amides is 1. The first kappa shape index (κ1) is 31.3. The van der Waals surface area contributed by atoms with Gasteiger partial charge in [0.05, 0.1) is 6.61 Å². The second kappa shape index (κ2) is 13.8. The zero-order valence-corrected chi connectivity index (χ0v) is 21.4. The molecule has 0 spiro atoms. The van der Waals surface area contributed by atoms with E-state index < -0.39 is 104 Å². The van der Waals surface area contributed by atoms with Crippen LogP contribution >= 0.6 is 0 Å². The van der Waals surface area contributed by atoms with Crippen molar-refractivity contribution in [2.45, 2.75) is 96.0 Å². The molecule has 0 saturated carbocycles. The molecule has 0 aliphatic carbocycles. The van der Waals surface area contributed by atoms with Gasteiger partial charge in [-0.2, -0.15) is 0 Å². The lowest BCUT2D eigenvalue weighted by Crippen LogP contribution is -2.68. The first-order valence-corrected chi connectivity index (χ1v) is 11.6. The summed E-state index contributed by atoms with van der Waals surface area (Å²) in [4.78, 5) is 59.0. The lowest BCUT2D eigenvalue weighted by Gasteiger charge is -2.48. The molecular weight excluding hydrogens is 518 g/mol. The Hall–Kier alpha value is -2.89. The molecule has 16 heteroatoms. The van der Waals surface area contributed by atoms with Crippen molar-refractivity contribution in [2.24, 2.45) is 0 Å². The second-order valence-electron chi connectivity index (χ2n) is 8.63. The number of aliphatic hydroxyl groups is 3. The summed E-state index contributed by atoms with van der Waals surface area (Å²) in [6, 6.07) is -1.41. The zero-order valence-electron chi connectivity index (χ0n) is 21.4. The molecule has 2 rings (SSSR count). The summed E-state index contributed by atoms with van der Waals surface area (Å²) < 4.78 is 37.7. The molecule has 0 unspecified atom stereocenters. The third-order valence-electron chi connectivity index (χ3n) is 5.48. The van der Waals surface area contributed by atoms with E-state index in [4.69, 9.17) is 33.2 Å². The van der Waals surface area contributed by atoms with Crippen LogP contribution < -0.4 is 5.32 Å². The van der Waals surface area contributed by atoms with Crippen molar-refractivity contribution in [3.63, 3.8) is 0 Å². The smallest absolute Gasteiger partial charge is 0.303 e. The van der Waals surface area contributed by atoms with E-state index in [1.54, 1.807) is 0 Å². The molecule has 1 amide bonds. The highest BCUT2D eigenvalue weighted by molar-refractivity contribution is 5.73. The molecule has 38 heavy (non-hydrogen) atoms. The minimum absolute atomic E-state index is 0.523. The van der Waals surface area contributed by atoms with Crippen LogP contribution in [0.1, 0.15) is 34.6 Å². The minimum atomic E-state index is -1.75. The maximum absolute atomic E-state index is 12.0. The summed E-state index contributed by atoms with van der Waals surface area (Å²) in [5.41, 5.74) is 0. The molecule has 2 fully saturated rings. The fourth-order valence-corrected chi connectivity index (χ4v) is 4.09. The SMILES string of the molecule is CC(=O)N[C@H]1[C@@H](O[C@@H]2O[C@H](COC(C)=O)[C@H](OC(C)=O)[C@H](OC(C)=O)[C@@H]2OC(C)=O)[C@H](O)[C@@H](CO)O[C@@H]1O. The van der Waals surface area contributed by atoms with Crippen LogP contribution in [0.3, 0.4) is 0 Å². The van der Waals surface area contributed by atoms with Gasteiger partial charge in [0.2, 0.25) is 5.91 Å². The van der Waals surface area contributed by atoms with Gasteiger partial charge in [0.15, 0.2) is 30.9 Å². The number of nitrogens with one attached hydrogen (secondary N) is 1. The largest absolute Gasteiger partial charge is 0.463 e. The van der Waals surface area contributed by atoms with Gasteiger partial charge in [-0.15, -0.1) is 0 Å². The van der Waals surface area contributed by atoms with Crippen LogP contribution in [0.2, 0.25) is 0 Å². The molecule has 0 radical (unpaired) electrons. The molecule has 10 atom stereocenters. The predicted octanol–water partition coefficient (Wildman–Crippen LogP) is -2.97. The fourth-order valence-electron chi connectivity index (χ4n) is 4.09. The number of rotatable bonds is 9. The molecule has 4 N–H and O–H groups in total. The molecular formula is C22H33NO15. The topological polar surface area (TPSA) is 223 Å². The molecule has 0 aromatic rings. The Morgan fingerprint density at radius 1 is 0.737 bits per heavy atom. The molecule has 0 bridgehead atoms. The van der Waals surface area contributed by atoms with E-state index in [9.17, 15) is 39.3 Å². The molecule has 2 saturated heterocycles. The van der Waals surface area contributed by atoms with Crippen molar-refractivity contribution in [1.82, 2.24) is 5.32 Å². The van der Waals surface area contributed by atoms with Gasteiger partial charge in [0.1, 0.15) is 37.1 Å². The van der Waals surface area contributed by atoms with E-state index >= 15 is 0 Å². The van der Waals surface area contributed by atoms with Crippen LogP contribution in [-0.4, -0.2) is 120 Å². The molecule has 0 aromatic heterocycles. The van der Waals surface area contributed by atoms with Crippen LogP contribution in [0.5, 0.6) is 0 Å². The van der Waals surface area contributed by atoms with Gasteiger partial charge in [-0.05, 0) is 0 Å². The standard InChI is InChI=1S/C22H33NO15/c1-8(25)23-15-18(16(30)13(6-24)36-21(15)31)38-22-20(35-12(5)29)19(34-11(4)28)17(33-10(3)27)14(37-22)7-32-9(2)26/h13-22,24,30-31H,6-7H2,1-5H3,(H,23,25)/t13-,14-,15+,16-,17+,18-,19+,20+,21+,22+/m1/s1. The van der Waals surface area contributed by atoms with Gasteiger partial charge < -0.3 is 53.8 Å². The van der Waals surface area contributed by atoms with Gasteiger partial charge in [0, 0.05) is 34.6 Å². The van der Waals surface area contributed by atoms with E-state index in [2.05, 4.69) is 5.32 Å². The average Bonchev–Trinajstić information content (AvgIpc) is 2.79. The maximum atomic E-state index is 12.0. The van der Waals surface area contributed by atoms with Crippen molar-refractivity contribution < 1.29 is 72.5 Å². The van der Waals surface area contributed by atoms with Crippen LogP contribution in [-0.2, 0) is 57.1 Å². The van der Waals surface area contributed by atoms with Crippen LogP contribution in [0.4, 0.5) is 0 Å². The van der Waals surface area contributed by atoms with Crippen molar-refractivity contribution in [2.75, 3.05) is 13.2 Å². The maximum Gasteiger partial charge on any atom is 0.303 e. The van der Waals surface area contributed by atoms with Gasteiger partial charge in [0.25, 0.3) is 0 Å². The first-order chi connectivity index (χ1) is 17.7. The third-order valence-corrected chi connectivity index (χ3v) is 5.48. The summed E-state index contributed by atoms with van der Waals surface area (Å²) in [6.07, 6.45) is -14.0. The first-order valence-electron chi connectivity index (χ1n) is 11.6. The quantitative estimate of drug-likeness (QED) is 0.166. The van der Waals surface area contributed by atoms with Gasteiger partial charge >= 0.3 is 23.9 Å². The van der Waals surface area contributed by atoms with Crippen molar-refractivity contribution in [3.05, 3.63) is 0 Å². The Bertz CT molecular complexity index is 881. The Morgan fingerprint density at radius 2 is 1.29 bits per heavy atom. The van der Waals surface area contributed by atoms with E-state index in [1.165, 1.54) is 0 Å². The lowest BCUT2D eigenvalue weighted by atomic mass is 9.95. The monoisotopic (exact) mass is 551 g/mol. The fraction of sp³-hybridized carbons (Fsp3) is 0.773. The van der Waals surface area contributed by atoms with Gasteiger partial charge in [-0.25, -0.2) is 0 Å². The highest BCUT2D eigenvalue weighted by Crippen LogP contribution is 2.33. The molecule has 16 nitrogen and oxygen atoms in total. The Kier molecular flexibility index (Phi) is 11.4. The van der Waals surface area contributed by atoms with Gasteiger partial charge in [-0.3, -0.25) is 24.0 Å².